The second-order valence-corrected chi connectivity index (χ2v) is 7.39. The van der Waals surface area contributed by atoms with E-state index in [1.807, 2.05) is 6.07 Å². The summed E-state index contributed by atoms with van der Waals surface area (Å²) in [6.07, 6.45) is 1.89. The van der Waals surface area contributed by atoms with Crippen LogP contribution in [0.15, 0.2) is 30.3 Å². The largest absolute Gasteiger partial charge is 0.353 e. The molecule has 1 aromatic carbocycles. The fourth-order valence-corrected chi connectivity index (χ4v) is 4.03. The molecule has 2 aliphatic heterocycles. The number of carbonyl (C=O) groups is 1. The Balaban J connectivity index is 1.72. The fourth-order valence-electron chi connectivity index (χ4n) is 4.03. The number of carbonyl (C=O) groups excluding carboxylic acids is 1. The summed E-state index contributed by atoms with van der Waals surface area (Å²) in [6.45, 7) is 10.3. The van der Waals surface area contributed by atoms with Gasteiger partial charge in [-0.1, -0.05) is 44.2 Å². The molecule has 2 fully saturated rings. The number of nitrogens with one attached hydrogen (secondary N) is 1. The van der Waals surface area contributed by atoms with E-state index in [4.69, 9.17) is 0 Å². The van der Waals surface area contributed by atoms with E-state index >= 15 is 0 Å². The van der Waals surface area contributed by atoms with Crippen LogP contribution in [0.25, 0.3) is 0 Å². The van der Waals surface area contributed by atoms with E-state index in [-0.39, 0.29) is 11.4 Å². The molecule has 2 aliphatic rings. The molecule has 0 unspecified atom stereocenters. The molecule has 1 N–H and O–H groups in total. The van der Waals surface area contributed by atoms with Gasteiger partial charge in [0.05, 0.1) is 0 Å². The summed E-state index contributed by atoms with van der Waals surface area (Å²) in [4.78, 5) is 17.7. The van der Waals surface area contributed by atoms with Gasteiger partial charge < -0.3 is 10.2 Å². The zero-order valence-corrected chi connectivity index (χ0v) is 14.4. The van der Waals surface area contributed by atoms with Gasteiger partial charge >= 0.3 is 0 Å². The summed E-state index contributed by atoms with van der Waals surface area (Å²) >= 11 is 0. The molecule has 0 saturated carbocycles. The zero-order chi connectivity index (χ0) is 16.3. The molecule has 4 heteroatoms. The number of piperidine rings is 1. The summed E-state index contributed by atoms with van der Waals surface area (Å²) in [7, 11) is 0. The Hall–Kier alpha value is -1.39. The Morgan fingerprint density at radius 2 is 1.83 bits per heavy atom. The van der Waals surface area contributed by atoms with Gasteiger partial charge in [-0.25, -0.2) is 0 Å². The summed E-state index contributed by atoms with van der Waals surface area (Å²) in [6, 6.07) is 10.5. The predicted octanol–water partition coefficient (Wildman–Crippen LogP) is 2.11. The van der Waals surface area contributed by atoms with Crippen LogP contribution in [0, 0.1) is 5.92 Å². The quantitative estimate of drug-likeness (QED) is 0.924. The highest BCUT2D eigenvalue weighted by molar-refractivity contribution is 5.87. The van der Waals surface area contributed by atoms with E-state index in [9.17, 15) is 4.79 Å². The summed E-state index contributed by atoms with van der Waals surface area (Å²) in [5.74, 6) is 0.925. The van der Waals surface area contributed by atoms with Crippen molar-refractivity contribution in [2.45, 2.75) is 38.8 Å². The minimum atomic E-state index is -0.304. The van der Waals surface area contributed by atoms with Crippen LogP contribution in [0.5, 0.6) is 0 Å². The first-order valence-electron chi connectivity index (χ1n) is 8.90. The highest BCUT2D eigenvalue weighted by Crippen LogP contribution is 2.32. The normalized spacial score (nSPS) is 22.5. The van der Waals surface area contributed by atoms with Crippen molar-refractivity contribution < 1.29 is 4.79 Å². The maximum Gasteiger partial charge on any atom is 0.240 e. The smallest absolute Gasteiger partial charge is 0.240 e. The lowest BCUT2D eigenvalue weighted by molar-refractivity contribution is -0.142. The standard InChI is InChI=1S/C19H29N3O/c1-16(2)14-21-11-8-19(9-12-21)18(23)20-10-13-22(19)15-17-6-4-3-5-7-17/h3-7,16H,8-15H2,1-2H3,(H,20,23). The van der Waals surface area contributed by atoms with Crippen LogP contribution in [0.1, 0.15) is 32.3 Å². The minimum Gasteiger partial charge on any atom is -0.353 e. The monoisotopic (exact) mass is 315 g/mol. The first-order valence-corrected chi connectivity index (χ1v) is 8.90. The summed E-state index contributed by atoms with van der Waals surface area (Å²) in [5.41, 5.74) is 0.993. The third kappa shape index (κ3) is 3.59. The lowest BCUT2D eigenvalue weighted by atomic mass is 9.82. The number of piperazine rings is 1. The molecule has 1 aromatic rings. The van der Waals surface area contributed by atoms with Gasteiger partial charge in [0.1, 0.15) is 5.54 Å². The molecule has 4 nitrogen and oxygen atoms in total. The van der Waals surface area contributed by atoms with Crippen LogP contribution in [0.4, 0.5) is 0 Å². The number of rotatable bonds is 4. The highest BCUT2D eigenvalue weighted by Gasteiger charge is 2.47. The summed E-state index contributed by atoms with van der Waals surface area (Å²) in [5, 5.41) is 3.11. The number of amides is 1. The molecule has 0 aliphatic carbocycles. The Morgan fingerprint density at radius 3 is 2.48 bits per heavy atom. The van der Waals surface area contributed by atoms with E-state index < -0.39 is 0 Å². The first-order chi connectivity index (χ1) is 11.1. The van der Waals surface area contributed by atoms with Gasteiger partial charge in [-0.2, -0.15) is 0 Å². The Bertz CT molecular complexity index is 521. The van der Waals surface area contributed by atoms with Crippen LogP contribution in [0.3, 0.4) is 0 Å². The van der Waals surface area contributed by atoms with Crippen LogP contribution in [-0.4, -0.2) is 54.0 Å². The maximum absolute atomic E-state index is 12.7. The molecule has 0 bridgehead atoms. The Morgan fingerprint density at radius 1 is 1.13 bits per heavy atom. The second-order valence-electron chi connectivity index (χ2n) is 7.39. The minimum absolute atomic E-state index is 0.240. The topological polar surface area (TPSA) is 35.6 Å². The molecule has 2 saturated heterocycles. The van der Waals surface area contributed by atoms with E-state index in [2.05, 4.69) is 53.2 Å². The molecule has 1 spiro atoms. The van der Waals surface area contributed by atoms with Gasteiger partial charge in [0.2, 0.25) is 5.91 Å². The zero-order valence-electron chi connectivity index (χ0n) is 14.4. The van der Waals surface area contributed by atoms with Gasteiger partial charge in [0.15, 0.2) is 0 Å². The van der Waals surface area contributed by atoms with Crippen LogP contribution in [-0.2, 0) is 11.3 Å². The highest BCUT2D eigenvalue weighted by atomic mass is 16.2. The molecule has 0 aromatic heterocycles. The van der Waals surface area contributed by atoms with Gasteiger partial charge in [0, 0.05) is 39.3 Å². The fraction of sp³-hybridized carbons (Fsp3) is 0.632. The average molecular weight is 315 g/mol. The summed E-state index contributed by atoms with van der Waals surface area (Å²) < 4.78 is 0. The number of likely N-dealkylation sites (tertiary alicyclic amines) is 1. The van der Waals surface area contributed by atoms with Crippen molar-refractivity contribution >= 4 is 5.91 Å². The third-order valence-corrected chi connectivity index (χ3v) is 5.22. The molecule has 2 heterocycles. The lowest BCUT2D eigenvalue weighted by Gasteiger charge is -2.50. The van der Waals surface area contributed by atoms with Gasteiger partial charge in [-0.15, -0.1) is 0 Å². The van der Waals surface area contributed by atoms with Gasteiger partial charge in [-0.05, 0) is 24.3 Å². The van der Waals surface area contributed by atoms with Crippen LogP contribution in [0.2, 0.25) is 0 Å². The van der Waals surface area contributed by atoms with E-state index in [0.29, 0.717) is 5.92 Å². The molecule has 0 radical (unpaired) electrons. The van der Waals surface area contributed by atoms with E-state index in [1.165, 1.54) is 5.56 Å². The molecule has 23 heavy (non-hydrogen) atoms. The number of benzene rings is 1. The van der Waals surface area contributed by atoms with Crippen molar-refractivity contribution in [1.29, 1.82) is 0 Å². The predicted molar refractivity (Wildman–Crippen MR) is 93.1 cm³/mol. The molecule has 126 valence electrons. The van der Waals surface area contributed by atoms with Crippen molar-refractivity contribution in [3.63, 3.8) is 0 Å². The molecular weight excluding hydrogens is 286 g/mol. The van der Waals surface area contributed by atoms with Crippen molar-refractivity contribution in [3.8, 4) is 0 Å². The molecule has 0 atom stereocenters. The number of hydrogen-bond donors (Lipinski definition) is 1. The Kier molecular flexibility index (Phi) is 5.02. The maximum atomic E-state index is 12.7. The van der Waals surface area contributed by atoms with Crippen molar-refractivity contribution in [2.75, 3.05) is 32.7 Å². The van der Waals surface area contributed by atoms with E-state index in [0.717, 1.165) is 52.1 Å². The van der Waals surface area contributed by atoms with Gasteiger partial charge in [-0.3, -0.25) is 9.69 Å². The molecule has 1 amide bonds. The molecule has 3 rings (SSSR count). The van der Waals surface area contributed by atoms with Crippen LogP contribution >= 0.6 is 0 Å². The van der Waals surface area contributed by atoms with Crippen molar-refractivity contribution in [3.05, 3.63) is 35.9 Å². The first kappa shape index (κ1) is 16.5. The number of nitrogens with zero attached hydrogens (tertiary/aromatic N) is 2. The third-order valence-electron chi connectivity index (χ3n) is 5.22. The SMILES string of the molecule is CC(C)CN1CCC2(CC1)C(=O)NCCN2Cc1ccccc1. The van der Waals surface area contributed by atoms with E-state index in [1.54, 1.807) is 0 Å². The van der Waals surface area contributed by atoms with Crippen LogP contribution < -0.4 is 5.32 Å². The number of hydrogen-bond acceptors (Lipinski definition) is 3. The van der Waals surface area contributed by atoms with Crippen molar-refractivity contribution in [1.82, 2.24) is 15.1 Å². The lowest BCUT2D eigenvalue weighted by Crippen LogP contribution is -2.67. The Labute approximate surface area is 139 Å². The van der Waals surface area contributed by atoms with Crippen molar-refractivity contribution in [2.24, 2.45) is 5.92 Å². The average Bonchev–Trinajstić information content (AvgIpc) is 2.54. The van der Waals surface area contributed by atoms with Gasteiger partial charge in [0.25, 0.3) is 0 Å². The molecular formula is C19H29N3O. The second kappa shape index (κ2) is 7.02.